The topological polar surface area (TPSA) is 50.4 Å². The van der Waals surface area contributed by atoms with Crippen molar-refractivity contribution in [3.8, 4) is 5.75 Å². The average molecular weight is 353 g/mol. The van der Waals surface area contributed by atoms with E-state index < -0.39 is 12.4 Å². The second-order valence-corrected chi connectivity index (χ2v) is 5.27. The summed E-state index contributed by atoms with van der Waals surface area (Å²) < 4.78 is 42.5. The summed E-state index contributed by atoms with van der Waals surface area (Å²) in [6.45, 7) is -1.33. The molecule has 8 heteroatoms. The SMILES string of the molecule is Cl.O=C(CCC1CCNC1)NCc1c(F)cccc1OC(F)F. The number of carbonyl (C=O) groups excluding carboxylic acids is 1. The van der Waals surface area contributed by atoms with Crippen LogP contribution in [0.15, 0.2) is 18.2 Å². The molecule has 0 aliphatic carbocycles. The molecule has 0 saturated carbocycles. The van der Waals surface area contributed by atoms with Crippen LogP contribution in [0, 0.1) is 11.7 Å². The maximum absolute atomic E-state index is 13.7. The second kappa shape index (κ2) is 9.62. The van der Waals surface area contributed by atoms with E-state index >= 15 is 0 Å². The van der Waals surface area contributed by atoms with Crippen LogP contribution in [0.1, 0.15) is 24.8 Å². The zero-order chi connectivity index (χ0) is 15.9. The van der Waals surface area contributed by atoms with Crippen molar-refractivity contribution in [3.63, 3.8) is 0 Å². The van der Waals surface area contributed by atoms with E-state index in [1.807, 2.05) is 0 Å². The molecule has 1 aromatic rings. The van der Waals surface area contributed by atoms with E-state index in [9.17, 15) is 18.0 Å². The van der Waals surface area contributed by atoms with Gasteiger partial charge >= 0.3 is 6.61 Å². The first-order chi connectivity index (χ1) is 10.6. The summed E-state index contributed by atoms with van der Waals surface area (Å²) in [5.41, 5.74) is -0.0707. The fraction of sp³-hybridized carbons (Fsp3) is 0.533. The first-order valence-electron chi connectivity index (χ1n) is 7.26. The molecular formula is C15H20ClF3N2O2. The van der Waals surface area contributed by atoms with Crippen LogP contribution in [0.3, 0.4) is 0 Å². The first kappa shape index (κ1) is 19.6. The minimum Gasteiger partial charge on any atom is -0.434 e. The lowest BCUT2D eigenvalue weighted by molar-refractivity contribution is -0.121. The third-order valence-electron chi connectivity index (χ3n) is 3.70. The molecule has 1 heterocycles. The largest absolute Gasteiger partial charge is 0.434 e. The van der Waals surface area contributed by atoms with Gasteiger partial charge in [-0.3, -0.25) is 4.79 Å². The molecule has 0 spiro atoms. The number of hydrogen-bond donors (Lipinski definition) is 2. The molecule has 0 radical (unpaired) electrons. The van der Waals surface area contributed by atoms with Gasteiger partial charge in [0.2, 0.25) is 5.91 Å². The van der Waals surface area contributed by atoms with Gasteiger partial charge in [0.25, 0.3) is 0 Å². The van der Waals surface area contributed by atoms with Crippen molar-refractivity contribution in [2.75, 3.05) is 13.1 Å². The Morgan fingerprint density at radius 2 is 2.22 bits per heavy atom. The summed E-state index contributed by atoms with van der Waals surface area (Å²) in [6, 6.07) is 3.68. The monoisotopic (exact) mass is 352 g/mol. The lowest BCUT2D eigenvalue weighted by Gasteiger charge is -2.13. The molecular weight excluding hydrogens is 333 g/mol. The van der Waals surface area contributed by atoms with Gasteiger partial charge in [-0.2, -0.15) is 8.78 Å². The molecule has 1 saturated heterocycles. The molecule has 4 nitrogen and oxygen atoms in total. The molecule has 0 bridgehead atoms. The van der Waals surface area contributed by atoms with E-state index in [2.05, 4.69) is 15.4 Å². The third kappa shape index (κ3) is 6.27. The summed E-state index contributed by atoms with van der Waals surface area (Å²) in [6.07, 6.45) is 2.15. The van der Waals surface area contributed by atoms with Crippen molar-refractivity contribution in [2.24, 2.45) is 5.92 Å². The number of ether oxygens (including phenoxy) is 1. The number of halogens is 4. The zero-order valence-corrected chi connectivity index (χ0v) is 13.3. The molecule has 130 valence electrons. The molecule has 1 aliphatic heterocycles. The van der Waals surface area contributed by atoms with Gasteiger partial charge in [-0.05, 0) is 44.0 Å². The van der Waals surface area contributed by atoms with Crippen LogP contribution in [0.25, 0.3) is 0 Å². The summed E-state index contributed by atoms with van der Waals surface area (Å²) in [7, 11) is 0. The van der Waals surface area contributed by atoms with E-state index in [0.29, 0.717) is 12.3 Å². The van der Waals surface area contributed by atoms with Crippen molar-refractivity contribution >= 4 is 18.3 Å². The first-order valence-corrected chi connectivity index (χ1v) is 7.26. The fourth-order valence-electron chi connectivity index (χ4n) is 2.49. The third-order valence-corrected chi connectivity index (χ3v) is 3.70. The van der Waals surface area contributed by atoms with Crippen LogP contribution in [0.2, 0.25) is 0 Å². The van der Waals surface area contributed by atoms with E-state index in [4.69, 9.17) is 0 Å². The van der Waals surface area contributed by atoms with Crippen molar-refractivity contribution < 1.29 is 22.7 Å². The van der Waals surface area contributed by atoms with Gasteiger partial charge < -0.3 is 15.4 Å². The molecule has 23 heavy (non-hydrogen) atoms. The molecule has 2 N–H and O–H groups in total. The highest BCUT2D eigenvalue weighted by Gasteiger charge is 2.17. The standard InChI is InChI=1S/C15H19F3N2O2.ClH/c16-12-2-1-3-13(22-15(17)18)11(12)9-20-14(21)5-4-10-6-7-19-8-10;/h1-3,10,15,19H,4-9H2,(H,20,21);1H. The molecule has 1 aromatic carbocycles. The molecule has 1 aliphatic rings. The summed E-state index contributed by atoms with van der Waals surface area (Å²) >= 11 is 0. The fourth-order valence-corrected chi connectivity index (χ4v) is 2.49. The van der Waals surface area contributed by atoms with Crippen LogP contribution in [-0.2, 0) is 11.3 Å². The predicted molar refractivity (Wildman–Crippen MR) is 82.3 cm³/mol. The highest BCUT2D eigenvalue weighted by Crippen LogP contribution is 2.23. The van der Waals surface area contributed by atoms with E-state index in [1.54, 1.807) is 0 Å². The van der Waals surface area contributed by atoms with E-state index in [1.165, 1.54) is 12.1 Å². The van der Waals surface area contributed by atoms with Crippen molar-refractivity contribution in [1.82, 2.24) is 10.6 Å². The lowest BCUT2D eigenvalue weighted by atomic mass is 10.0. The maximum atomic E-state index is 13.7. The van der Waals surface area contributed by atoms with Crippen LogP contribution in [-0.4, -0.2) is 25.6 Å². The normalized spacial score (nSPS) is 17.0. The maximum Gasteiger partial charge on any atom is 0.387 e. The Labute approximate surface area is 139 Å². The minimum atomic E-state index is -3.04. The molecule has 0 aromatic heterocycles. The van der Waals surface area contributed by atoms with Gasteiger partial charge in [0.15, 0.2) is 0 Å². The Morgan fingerprint density at radius 1 is 1.43 bits per heavy atom. The van der Waals surface area contributed by atoms with Crippen LogP contribution < -0.4 is 15.4 Å². The summed E-state index contributed by atoms with van der Waals surface area (Å²) in [4.78, 5) is 11.8. The smallest absolute Gasteiger partial charge is 0.387 e. The molecule has 1 atom stereocenters. The highest BCUT2D eigenvalue weighted by molar-refractivity contribution is 5.85. The average Bonchev–Trinajstić information content (AvgIpc) is 2.97. The van der Waals surface area contributed by atoms with E-state index in [0.717, 1.165) is 32.0 Å². The predicted octanol–water partition coefficient (Wildman–Crippen LogP) is 2.85. The second-order valence-electron chi connectivity index (χ2n) is 5.27. The van der Waals surface area contributed by atoms with Gasteiger partial charge in [0, 0.05) is 18.5 Å². The quantitative estimate of drug-likeness (QED) is 0.793. The summed E-state index contributed by atoms with van der Waals surface area (Å²) in [5, 5.41) is 5.77. The number of carbonyl (C=O) groups is 1. The Hall–Kier alpha value is -1.47. The Kier molecular flexibility index (Phi) is 8.19. The number of amides is 1. The Balaban J connectivity index is 0.00000264. The number of hydrogen-bond acceptors (Lipinski definition) is 3. The number of nitrogens with one attached hydrogen (secondary N) is 2. The molecule has 1 fully saturated rings. The zero-order valence-electron chi connectivity index (χ0n) is 12.5. The van der Waals surface area contributed by atoms with Crippen LogP contribution >= 0.6 is 12.4 Å². The van der Waals surface area contributed by atoms with Crippen molar-refractivity contribution in [2.45, 2.75) is 32.4 Å². The molecule has 2 rings (SSSR count). The van der Waals surface area contributed by atoms with Crippen molar-refractivity contribution in [3.05, 3.63) is 29.6 Å². The number of alkyl halides is 2. The van der Waals surface area contributed by atoms with Gasteiger partial charge in [-0.25, -0.2) is 4.39 Å². The Morgan fingerprint density at radius 3 is 2.87 bits per heavy atom. The lowest BCUT2D eigenvalue weighted by Crippen LogP contribution is -2.24. The molecule has 1 amide bonds. The van der Waals surface area contributed by atoms with Crippen molar-refractivity contribution in [1.29, 1.82) is 0 Å². The summed E-state index contributed by atoms with van der Waals surface area (Å²) in [5.74, 6) is -0.677. The van der Waals surface area contributed by atoms with Crippen LogP contribution in [0.5, 0.6) is 5.75 Å². The highest BCUT2D eigenvalue weighted by atomic mass is 35.5. The van der Waals surface area contributed by atoms with Gasteiger partial charge in [-0.15, -0.1) is 12.4 Å². The van der Waals surface area contributed by atoms with E-state index in [-0.39, 0.29) is 36.2 Å². The Bertz CT molecular complexity index is 511. The molecule has 1 unspecified atom stereocenters. The van der Waals surface area contributed by atoms with Crippen LogP contribution in [0.4, 0.5) is 13.2 Å². The number of rotatable bonds is 7. The van der Waals surface area contributed by atoms with Gasteiger partial charge in [-0.1, -0.05) is 6.07 Å². The minimum absolute atomic E-state index is 0. The number of benzene rings is 1. The van der Waals surface area contributed by atoms with Gasteiger partial charge in [0.1, 0.15) is 11.6 Å². The van der Waals surface area contributed by atoms with Gasteiger partial charge in [0.05, 0.1) is 0 Å².